The Kier molecular flexibility index (Phi) is 5.93. The maximum atomic E-state index is 13.1. The molecular weight excluding hydrogens is 529 g/mol. The topological polar surface area (TPSA) is 134 Å². The molecule has 2 aliphatic rings. The van der Waals surface area contributed by atoms with Gasteiger partial charge < -0.3 is 14.6 Å². The van der Waals surface area contributed by atoms with Gasteiger partial charge in [-0.15, -0.1) is 0 Å². The average molecular weight is 553 g/mol. The van der Waals surface area contributed by atoms with Crippen molar-refractivity contribution >= 4 is 11.5 Å². The predicted octanol–water partition coefficient (Wildman–Crippen LogP) is 5.25. The van der Waals surface area contributed by atoms with Crippen molar-refractivity contribution in [2.75, 3.05) is 12.4 Å². The molecule has 2 fully saturated rings. The minimum atomic E-state index is -4.54. The van der Waals surface area contributed by atoms with E-state index in [0.29, 0.717) is 24.0 Å². The van der Waals surface area contributed by atoms with E-state index in [1.807, 2.05) is 0 Å². The Labute approximate surface area is 225 Å². The highest BCUT2D eigenvalue weighted by atomic mass is 19.4. The summed E-state index contributed by atoms with van der Waals surface area (Å²) in [7, 11) is 2.98. The number of ether oxygens (including phenoxy) is 1. The summed E-state index contributed by atoms with van der Waals surface area (Å²) in [5.41, 5.74) is 0.686. The van der Waals surface area contributed by atoms with Gasteiger partial charge in [-0.05, 0) is 31.2 Å². The van der Waals surface area contributed by atoms with E-state index in [1.165, 1.54) is 25.1 Å². The SMILES string of the molecule is COc1ncnc(C2CC2)c1-c1ncc([N+](=O)[O-])c(NC2(c3ccc(-c4nc(C(F)(F)F)cn4C)cc3)CC2)n1. The second-order valence-electron chi connectivity index (χ2n) is 9.94. The molecule has 0 saturated heterocycles. The zero-order chi connectivity index (χ0) is 28.2. The first kappa shape index (κ1) is 25.6. The lowest BCUT2D eigenvalue weighted by Crippen LogP contribution is -2.21. The maximum Gasteiger partial charge on any atom is 0.434 e. The number of alkyl halides is 3. The van der Waals surface area contributed by atoms with Gasteiger partial charge in [0.1, 0.15) is 23.9 Å². The lowest BCUT2D eigenvalue weighted by Gasteiger charge is -2.19. The van der Waals surface area contributed by atoms with Crippen molar-refractivity contribution in [3.05, 3.63) is 70.1 Å². The Balaban J connectivity index is 1.33. The Morgan fingerprint density at radius 3 is 2.42 bits per heavy atom. The Morgan fingerprint density at radius 1 is 1.12 bits per heavy atom. The Morgan fingerprint density at radius 2 is 1.85 bits per heavy atom. The van der Waals surface area contributed by atoms with Crippen LogP contribution in [0.25, 0.3) is 22.8 Å². The molecule has 3 heterocycles. The number of aromatic nitrogens is 6. The highest BCUT2D eigenvalue weighted by Crippen LogP contribution is 2.50. The largest absolute Gasteiger partial charge is 0.480 e. The van der Waals surface area contributed by atoms with Crippen LogP contribution in [0.1, 0.15) is 48.6 Å². The molecule has 1 N–H and O–H groups in total. The number of imidazole rings is 1. The number of nitrogens with one attached hydrogen (secondary N) is 1. The molecule has 0 bridgehead atoms. The summed E-state index contributed by atoms with van der Waals surface area (Å²) in [5, 5.41) is 15.1. The zero-order valence-electron chi connectivity index (χ0n) is 21.4. The van der Waals surface area contributed by atoms with Crippen LogP contribution in [0.3, 0.4) is 0 Å². The van der Waals surface area contributed by atoms with Crippen molar-refractivity contribution in [3.63, 3.8) is 0 Å². The van der Waals surface area contributed by atoms with Gasteiger partial charge in [0.2, 0.25) is 11.7 Å². The molecule has 2 saturated carbocycles. The molecule has 0 amide bonds. The monoisotopic (exact) mass is 552 g/mol. The fraction of sp³-hybridized carbons (Fsp3) is 0.346. The lowest BCUT2D eigenvalue weighted by molar-refractivity contribution is -0.384. The maximum absolute atomic E-state index is 13.1. The van der Waals surface area contributed by atoms with Crippen LogP contribution in [-0.2, 0) is 18.8 Å². The third-order valence-electron chi connectivity index (χ3n) is 7.16. The van der Waals surface area contributed by atoms with Gasteiger partial charge in [-0.2, -0.15) is 13.2 Å². The average Bonchev–Trinajstić information content (AvgIpc) is 3.86. The molecule has 14 heteroatoms. The lowest BCUT2D eigenvalue weighted by atomic mass is 10.0. The summed E-state index contributed by atoms with van der Waals surface area (Å²) in [5.74, 6) is 0.952. The summed E-state index contributed by atoms with van der Waals surface area (Å²) < 4.78 is 46.1. The van der Waals surface area contributed by atoms with Crippen LogP contribution in [0.4, 0.5) is 24.7 Å². The van der Waals surface area contributed by atoms with E-state index in [9.17, 15) is 23.3 Å². The molecule has 0 unspecified atom stereocenters. The molecule has 0 atom stereocenters. The van der Waals surface area contributed by atoms with Crippen LogP contribution >= 0.6 is 0 Å². The van der Waals surface area contributed by atoms with E-state index in [-0.39, 0.29) is 35.0 Å². The van der Waals surface area contributed by atoms with Gasteiger partial charge in [-0.1, -0.05) is 24.3 Å². The molecule has 4 aromatic rings. The van der Waals surface area contributed by atoms with E-state index >= 15 is 0 Å². The van der Waals surface area contributed by atoms with Crippen LogP contribution in [0.5, 0.6) is 5.88 Å². The molecule has 6 rings (SSSR count). The molecule has 206 valence electrons. The normalized spacial score (nSPS) is 16.0. The smallest absolute Gasteiger partial charge is 0.434 e. The van der Waals surface area contributed by atoms with Gasteiger partial charge in [-0.3, -0.25) is 10.1 Å². The molecule has 0 spiro atoms. The number of nitrogens with zero attached hydrogens (tertiary/aromatic N) is 7. The molecular formula is C26H23F3N8O3. The van der Waals surface area contributed by atoms with Crippen LogP contribution in [0, 0.1) is 10.1 Å². The van der Waals surface area contributed by atoms with Crippen molar-refractivity contribution < 1.29 is 22.8 Å². The Bertz CT molecular complexity index is 1610. The minimum Gasteiger partial charge on any atom is -0.480 e. The number of anilines is 1. The van der Waals surface area contributed by atoms with Gasteiger partial charge in [0.15, 0.2) is 11.5 Å². The van der Waals surface area contributed by atoms with Crippen molar-refractivity contribution in [1.82, 2.24) is 29.5 Å². The summed E-state index contributed by atoms with van der Waals surface area (Å²) in [4.78, 5) is 32.5. The van der Waals surface area contributed by atoms with E-state index in [4.69, 9.17) is 4.74 Å². The van der Waals surface area contributed by atoms with Crippen molar-refractivity contribution in [3.8, 4) is 28.7 Å². The second kappa shape index (κ2) is 9.24. The third kappa shape index (κ3) is 4.58. The van der Waals surface area contributed by atoms with E-state index in [1.54, 1.807) is 24.3 Å². The first-order chi connectivity index (χ1) is 19.1. The summed E-state index contributed by atoms with van der Waals surface area (Å²) in [6, 6.07) is 6.94. The predicted molar refractivity (Wildman–Crippen MR) is 136 cm³/mol. The molecule has 11 nitrogen and oxygen atoms in total. The number of hydrogen-bond acceptors (Lipinski definition) is 9. The number of nitro groups is 1. The summed E-state index contributed by atoms with van der Waals surface area (Å²) >= 11 is 0. The molecule has 40 heavy (non-hydrogen) atoms. The van der Waals surface area contributed by atoms with E-state index in [2.05, 4.69) is 30.2 Å². The van der Waals surface area contributed by atoms with E-state index in [0.717, 1.165) is 36.5 Å². The number of rotatable bonds is 8. The van der Waals surface area contributed by atoms with Gasteiger partial charge in [0.25, 0.3) is 0 Å². The van der Waals surface area contributed by atoms with Crippen LogP contribution in [-0.4, -0.2) is 41.5 Å². The van der Waals surface area contributed by atoms with Gasteiger partial charge in [-0.25, -0.2) is 24.9 Å². The highest BCUT2D eigenvalue weighted by Gasteiger charge is 2.46. The fourth-order valence-electron chi connectivity index (χ4n) is 4.78. The Hall–Kier alpha value is -4.62. The van der Waals surface area contributed by atoms with E-state index < -0.39 is 22.3 Å². The molecule has 2 aliphatic carbocycles. The van der Waals surface area contributed by atoms with Gasteiger partial charge in [0.05, 0.1) is 23.3 Å². The van der Waals surface area contributed by atoms with Crippen LogP contribution in [0.15, 0.2) is 43.0 Å². The summed E-state index contributed by atoms with van der Waals surface area (Å²) in [6.07, 6.45) is 2.24. The van der Waals surface area contributed by atoms with Gasteiger partial charge in [0, 0.05) is 24.7 Å². The molecule has 3 aromatic heterocycles. The molecule has 1 aromatic carbocycles. The van der Waals surface area contributed by atoms with Crippen molar-refractivity contribution in [2.24, 2.45) is 7.05 Å². The van der Waals surface area contributed by atoms with Gasteiger partial charge >= 0.3 is 11.9 Å². The van der Waals surface area contributed by atoms with Crippen molar-refractivity contribution in [1.29, 1.82) is 0 Å². The number of aryl methyl sites for hydroxylation is 1. The quantitative estimate of drug-likeness (QED) is 0.230. The van der Waals surface area contributed by atoms with Crippen LogP contribution in [0.2, 0.25) is 0 Å². The zero-order valence-corrected chi connectivity index (χ0v) is 21.4. The standard InChI is InChI=1S/C26H23F3N8O3/c1-36-12-18(26(27,28)29)33-23(36)15-5-7-16(8-6-15)25(9-10-25)35-21-17(37(38)39)11-30-22(34-21)19-20(14-3-4-14)31-13-32-24(19)40-2/h5-8,11-14H,3-4,9-10H2,1-2H3,(H,30,34,35). The number of methoxy groups -OCH3 is 1. The fourth-order valence-corrected chi connectivity index (χ4v) is 4.78. The first-order valence-corrected chi connectivity index (χ1v) is 12.5. The summed E-state index contributed by atoms with van der Waals surface area (Å²) in [6.45, 7) is 0. The minimum absolute atomic E-state index is 0.0446. The third-order valence-corrected chi connectivity index (χ3v) is 7.16. The number of benzene rings is 1. The first-order valence-electron chi connectivity index (χ1n) is 12.5. The molecule has 0 aliphatic heterocycles. The van der Waals surface area contributed by atoms with Crippen molar-refractivity contribution in [2.45, 2.75) is 43.3 Å². The number of hydrogen-bond donors (Lipinski definition) is 1. The number of halogens is 3. The second-order valence-corrected chi connectivity index (χ2v) is 9.94. The highest BCUT2D eigenvalue weighted by molar-refractivity contribution is 5.70. The van der Waals surface area contributed by atoms with Crippen LogP contribution < -0.4 is 10.1 Å². The molecule has 0 radical (unpaired) electrons.